The van der Waals surface area contributed by atoms with Gasteiger partial charge in [0.1, 0.15) is 5.82 Å². The Hall–Kier alpha value is -2.24. The fourth-order valence-electron chi connectivity index (χ4n) is 2.60. The van der Waals surface area contributed by atoms with Crippen molar-refractivity contribution in [3.05, 3.63) is 54.1 Å². The molecule has 0 saturated heterocycles. The average molecular weight is 335 g/mol. The number of nitrogens with zero attached hydrogens (tertiary/aromatic N) is 2. The molecular weight excluding hydrogens is 312 g/mol. The van der Waals surface area contributed by atoms with Crippen molar-refractivity contribution in [2.45, 2.75) is 51.6 Å². The SMILES string of the molecule is CCCCCC(=O)N[C@H](Cc1nccn1C(F)F)c1ccccc1. The molecule has 130 valence electrons. The maximum absolute atomic E-state index is 13.0. The standard InChI is InChI=1S/C18H23F2N3O/c1-2-3-5-10-17(24)22-15(14-8-6-4-7-9-14)13-16-21-11-12-23(16)18(19)20/h4,6-9,11-12,15,18H,2-3,5,10,13H2,1H3,(H,22,24)/t15-/m1/s1. The van der Waals surface area contributed by atoms with E-state index in [0.29, 0.717) is 6.42 Å². The van der Waals surface area contributed by atoms with E-state index in [0.717, 1.165) is 29.4 Å². The van der Waals surface area contributed by atoms with Crippen LogP contribution in [0.25, 0.3) is 0 Å². The number of rotatable bonds is 9. The van der Waals surface area contributed by atoms with Gasteiger partial charge in [0, 0.05) is 25.2 Å². The van der Waals surface area contributed by atoms with Crippen LogP contribution in [0.1, 0.15) is 56.6 Å². The lowest BCUT2D eigenvalue weighted by Gasteiger charge is -2.20. The largest absolute Gasteiger partial charge is 0.349 e. The van der Waals surface area contributed by atoms with Crippen molar-refractivity contribution in [3.63, 3.8) is 0 Å². The number of carbonyl (C=O) groups excluding carboxylic acids is 1. The van der Waals surface area contributed by atoms with E-state index in [1.807, 2.05) is 30.3 Å². The van der Waals surface area contributed by atoms with Crippen LogP contribution in [0.5, 0.6) is 0 Å². The Morgan fingerprint density at radius 2 is 2.00 bits per heavy atom. The minimum Gasteiger partial charge on any atom is -0.349 e. The highest BCUT2D eigenvalue weighted by molar-refractivity contribution is 5.76. The van der Waals surface area contributed by atoms with Gasteiger partial charge in [-0.1, -0.05) is 50.1 Å². The van der Waals surface area contributed by atoms with Crippen LogP contribution in [0.2, 0.25) is 0 Å². The summed E-state index contributed by atoms with van der Waals surface area (Å²) in [5, 5.41) is 2.96. The summed E-state index contributed by atoms with van der Waals surface area (Å²) in [7, 11) is 0. The van der Waals surface area contributed by atoms with E-state index < -0.39 is 6.55 Å². The second kappa shape index (κ2) is 9.15. The van der Waals surface area contributed by atoms with E-state index in [2.05, 4.69) is 17.2 Å². The number of hydrogen-bond donors (Lipinski definition) is 1. The predicted molar refractivity (Wildman–Crippen MR) is 88.7 cm³/mol. The minimum atomic E-state index is -2.64. The number of carbonyl (C=O) groups is 1. The molecule has 0 fully saturated rings. The van der Waals surface area contributed by atoms with Gasteiger partial charge in [-0.2, -0.15) is 8.78 Å². The van der Waals surface area contributed by atoms with E-state index in [4.69, 9.17) is 0 Å². The first kappa shape index (κ1) is 18.1. The number of amides is 1. The maximum Gasteiger partial charge on any atom is 0.319 e. The molecule has 1 heterocycles. The second-order valence-corrected chi connectivity index (χ2v) is 5.72. The van der Waals surface area contributed by atoms with E-state index in [1.165, 1.54) is 12.4 Å². The summed E-state index contributed by atoms with van der Waals surface area (Å²) in [6, 6.07) is 9.00. The number of imidazole rings is 1. The van der Waals surface area contributed by atoms with E-state index in [-0.39, 0.29) is 24.2 Å². The Bertz CT molecular complexity index is 628. The molecule has 1 N–H and O–H groups in total. The molecule has 2 rings (SSSR count). The Labute approximate surface area is 140 Å². The highest BCUT2D eigenvalue weighted by Crippen LogP contribution is 2.21. The third-order valence-corrected chi connectivity index (χ3v) is 3.89. The highest BCUT2D eigenvalue weighted by Gasteiger charge is 2.19. The fraction of sp³-hybridized carbons (Fsp3) is 0.444. The van der Waals surface area contributed by atoms with Gasteiger partial charge in [-0.05, 0) is 12.0 Å². The summed E-state index contributed by atoms with van der Waals surface area (Å²) in [4.78, 5) is 16.2. The summed E-state index contributed by atoms with van der Waals surface area (Å²) < 4.78 is 26.9. The molecule has 0 saturated carbocycles. The number of hydrogen-bond acceptors (Lipinski definition) is 2. The zero-order valence-electron chi connectivity index (χ0n) is 13.8. The molecule has 4 nitrogen and oxygen atoms in total. The number of unbranched alkanes of at least 4 members (excludes halogenated alkanes) is 2. The Morgan fingerprint density at radius 3 is 2.67 bits per heavy atom. The van der Waals surface area contributed by atoms with Gasteiger partial charge < -0.3 is 5.32 Å². The van der Waals surface area contributed by atoms with Gasteiger partial charge in [-0.25, -0.2) is 4.98 Å². The first-order valence-electron chi connectivity index (χ1n) is 8.26. The Kier molecular flexibility index (Phi) is 6.90. The van der Waals surface area contributed by atoms with Gasteiger partial charge >= 0.3 is 6.55 Å². The lowest BCUT2D eigenvalue weighted by atomic mass is 10.0. The van der Waals surface area contributed by atoms with Gasteiger partial charge in [0.25, 0.3) is 0 Å². The van der Waals surface area contributed by atoms with Crippen molar-refractivity contribution in [2.75, 3.05) is 0 Å². The molecule has 0 aliphatic heterocycles. The molecule has 6 heteroatoms. The van der Waals surface area contributed by atoms with Crippen molar-refractivity contribution < 1.29 is 13.6 Å². The number of halogens is 2. The molecule has 1 aromatic heterocycles. The van der Waals surface area contributed by atoms with Crippen LogP contribution in [0.15, 0.2) is 42.7 Å². The topological polar surface area (TPSA) is 46.9 Å². The maximum atomic E-state index is 13.0. The molecule has 0 bridgehead atoms. The first-order valence-corrected chi connectivity index (χ1v) is 8.26. The normalized spacial score (nSPS) is 12.3. The summed E-state index contributed by atoms with van der Waals surface area (Å²) in [6.07, 6.45) is 6.15. The van der Waals surface area contributed by atoms with Crippen molar-refractivity contribution in [1.29, 1.82) is 0 Å². The lowest BCUT2D eigenvalue weighted by Crippen LogP contribution is -2.30. The summed E-state index contributed by atoms with van der Waals surface area (Å²) in [5.41, 5.74) is 0.880. The quantitative estimate of drug-likeness (QED) is 0.696. The number of nitrogens with one attached hydrogen (secondary N) is 1. The average Bonchev–Trinajstić information content (AvgIpc) is 3.04. The van der Waals surface area contributed by atoms with Crippen LogP contribution in [-0.4, -0.2) is 15.5 Å². The van der Waals surface area contributed by atoms with Crippen molar-refractivity contribution in [1.82, 2.24) is 14.9 Å². The number of benzene rings is 1. The molecular formula is C18H23F2N3O. The third kappa shape index (κ3) is 5.15. The van der Waals surface area contributed by atoms with E-state index in [9.17, 15) is 13.6 Å². The van der Waals surface area contributed by atoms with E-state index >= 15 is 0 Å². The molecule has 0 unspecified atom stereocenters. The van der Waals surface area contributed by atoms with Gasteiger partial charge in [-0.15, -0.1) is 0 Å². The van der Waals surface area contributed by atoms with Crippen LogP contribution < -0.4 is 5.32 Å². The third-order valence-electron chi connectivity index (χ3n) is 3.89. The van der Waals surface area contributed by atoms with Crippen LogP contribution in [0, 0.1) is 0 Å². The van der Waals surface area contributed by atoms with Gasteiger partial charge in [0.15, 0.2) is 0 Å². The van der Waals surface area contributed by atoms with Gasteiger partial charge in [0.2, 0.25) is 5.91 Å². The van der Waals surface area contributed by atoms with E-state index in [1.54, 1.807) is 0 Å². The predicted octanol–water partition coefficient (Wildman–Crippen LogP) is 4.26. The van der Waals surface area contributed by atoms with Crippen LogP contribution in [-0.2, 0) is 11.2 Å². The minimum absolute atomic E-state index is 0.0625. The molecule has 0 radical (unpaired) electrons. The van der Waals surface area contributed by atoms with Gasteiger partial charge in [0.05, 0.1) is 6.04 Å². The zero-order chi connectivity index (χ0) is 17.4. The lowest BCUT2D eigenvalue weighted by molar-refractivity contribution is -0.122. The van der Waals surface area contributed by atoms with Crippen molar-refractivity contribution >= 4 is 5.91 Å². The molecule has 1 atom stereocenters. The summed E-state index contributed by atoms with van der Waals surface area (Å²) in [6.45, 7) is -0.561. The van der Waals surface area contributed by atoms with Crippen molar-refractivity contribution in [2.24, 2.45) is 0 Å². The van der Waals surface area contributed by atoms with Crippen molar-refractivity contribution in [3.8, 4) is 0 Å². The number of alkyl halides is 2. The molecule has 1 aromatic carbocycles. The Balaban J connectivity index is 2.11. The van der Waals surface area contributed by atoms with Crippen LogP contribution in [0.3, 0.4) is 0 Å². The van der Waals surface area contributed by atoms with Crippen LogP contribution >= 0.6 is 0 Å². The molecule has 0 spiro atoms. The molecule has 2 aromatic rings. The Morgan fingerprint density at radius 1 is 1.25 bits per heavy atom. The molecule has 0 aliphatic rings. The smallest absolute Gasteiger partial charge is 0.319 e. The fourth-order valence-corrected chi connectivity index (χ4v) is 2.60. The first-order chi connectivity index (χ1) is 11.6. The van der Waals surface area contributed by atoms with Crippen LogP contribution in [0.4, 0.5) is 8.78 Å². The highest BCUT2D eigenvalue weighted by atomic mass is 19.3. The molecule has 1 amide bonds. The molecule has 0 aliphatic carbocycles. The monoisotopic (exact) mass is 335 g/mol. The zero-order valence-corrected chi connectivity index (χ0v) is 13.8. The van der Waals surface area contributed by atoms with Gasteiger partial charge in [-0.3, -0.25) is 9.36 Å². The summed E-state index contributed by atoms with van der Waals surface area (Å²) in [5.74, 6) is 0.195. The second-order valence-electron chi connectivity index (χ2n) is 5.72. The number of aromatic nitrogens is 2. The summed E-state index contributed by atoms with van der Waals surface area (Å²) >= 11 is 0. The molecule has 24 heavy (non-hydrogen) atoms.